The molecule has 0 radical (unpaired) electrons. The van der Waals surface area contributed by atoms with E-state index in [0.717, 1.165) is 0 Å². The van der Waals surface area contributed by atoms with Crippen molar-refractivity contribution >= 4 is 24.5 Å². The van der Waals surface area contributed by atoms with Crippen LogP contribution in [0, 0.1) is 0 Å². The first-order valence-corrected chi connectivity index (χ1v) is 6.41. The molecule has 120 valence electrons. The van der Waals surface area contributed by atoms with Crippen molar-refractivity contribution in [1.82, 2.24) is 5.32 Å². The van der Waals surface area contributed by atoms with Crippen LogP contribution in [0.4, 0.5) is 14.5 Å². The molecular weight excluding hydrogens is 298 g/mol. The molecule has 0 heterocycles. The number of halogens is 2. The number of carbonyl (C=O) groups excluding carboxylic acids is 3. The molecule has 0 fully saturated rings. The molecule has 0 spiro atoms. The summed E-state index contributed by atoms with van der Waals surface area (Å²) >= 11 is 0. The van der Waals surface area contributed by atoms with Gasteiger partial charge in [-0.3, -0.25) is 14.4 Å². The molecule has 0 aromatic heterocycles. The first-order chi connectivity index (χ1) is 10.3. The second-order valence-corrected chi connectivity index (χ2v) is 4.71. The quantitative estimate of drug-likeness (QED) is 0.714. The lowest BCUT2D eigenvalue weighted by Crippen LogP contribution is -2.47. The van der Waals surface area contributed by atoms with Crippen LogP contribution in [0.2, 0.25) is 0 Å². The van der Waals surface area contributed by atoms with E-state index in [1.54, 1.807) is 0 Å². The minimum absolute atomic E-state index is 0.0152. The number of rotatable bonds is 8. The third-order valence-electron chi connectivity index (χ3n) is 2.70. The van der Waals surface area contributed by atoms with Crippen LogP contribution in [-0.2, 0) is 19.1 Å². The van der Waals surface area contributed by atoms with Gasteiger partial charge in [0.05, 0.1) is 0 Å². The number of amides is 2. The van der Waals surface area contributed by atoms with Crippen LogP contribution in [0.5, 0.6) is 0 Å². The van der Waals surface area contributed by atoms with Gasteiger partial charge in [-0.1, -0.05) is 18.2 Å². The molecule has 1 atom stereocenters. The topological polar surface area (TPSA) is 84.5 Å². The molecule has 6 nitrogen and oxygen atoms in total. The third kappa shape index (κ3) is 4.00. The maximum Gasteiger partial charge on any atom is 0.364 e. The van der Waals surface area contributed by atoms with Crippen LogP contribution in [0.3, 0.4) is 0 Å². The number of nitrogens with one attached hydrogen (secondary N) is 2. The summed E-state index contributed by atoms with van der Waals surface area (Å²) in [5, 5.41) is 4.29. The summed E-state index contributed by atoms with van der Waals surface area (Å²) in [5.41, 5.74) is -0.174. The predicted molar refractivity (Wildman–Crippen MR) is 74.2 cm³/mol. The zero-order chi connectivity index (χ0) is 16.8. The van der Waals surface area contributed by atoms with Gasteiger partial charge in [-0.25, -0.2) is 0 Å². The summed E-state index contributed by atoms with van der Waals surface area (Å²) < 4.78 is 33.1. The van der Waals surface area contributed by atoms with Crippen LogP contribution in [0.1, 0.15) is 25.5 Å². The number of carbonyl (C=O) groups is 3. The molecule has 1 aromatic carbocycles. The van der Waals surface area contributed by atoms with E-state index >= 15 is 0 Å². The summed E-state index contributed by atoms with van der Waals surface area (Å²) in [7, 11) is 0. The number of benzene rings is 1. The van der Waals surface area contributed by atoms with Crippen molar-refractivity contribution in [3.05, 3.63) is 29.8 Å². The van der Waals surface area contributed by atoms with E-state index in [4.69, 9.17) is 0 Å². The van der Waals surface area contributed by atoms with Crippen molar-refractivity contribution in [2.24, 2.45) is 0 Å². The van der Waals surface area contributed by atoms with Gasteiger partial charge < -0.3 is 15.4 Å². The number of ether oxygens (including phenoxy) is 1. The number of hydrogen-bond donors (Lipinski definition) is 2. The summed E-state index contributed by atoms with van der Waals surface area (Å²) in [6.07, 6.45) is -1.87. The molecule has 0 saturated carbocycles. The van der Waals surface area contributed by atoms with E-state index in [0.29, 0.717) is 6.41 Å². The Labute approximate surface area is 125 Å². The Morgan fingerprint density at radius 3 is 2.45 bits per heavy atom. The van der Waals surface area contributed by atoms with Crippen LogP contribution in [-0.4, -0.2) is 30.8 Å². The molecule has 1 rings (SSSR count). The average Bonchev–Trinajstić information content (AvgIpc) is 2.45. The van der Waals surface area contributed by atoms with Gasteiger partial charge in [-0.2, -0.15) is 8.78 Å². The van der Waals surface area contributed by atoms with Gasteiger partial charge in [-0.15, -0.1) is 0 Å². The van der Waals surface area contributed by atoms with Gasteiger partial charge >= 0.3 is 5.92 Å². The molecule has 2 amide bonds. The van der Waals surface area contributed by atoms with E-state index in [2.05, 4.69) is 15.4 Å². The number of alkyl halides is 2. The van der Waals surface area contributed by atoms with Gasteiger partial charge in [0.1, 0.15) is 0 Å². The summed E-state index contributed by atoms with van der Waals surface area (Å²) in [5.74, 6) is -5.58. The predicted octanol–water partition coefficient (Wildman–Crippen LogP) is 1.63. The fourth-order valence-electron chi connectivity index (χ4n) is 1.81. The first kappa shape index (κ1) is 17.5. The van der Waals surface area contributed by atoms with E-state index < -0.39 is 24.0 Å². The van der Waals surface area contributed by atoms with Crippen molar-refractivity contribution < 1.29 is 27.9 Å². The Kier molecular flexibility index (Phi) is 5.97. The Hall–Kier alpha value is -2.51. The van der Waals surface area contributed by atoms with Gasteiger partial charge in [0.2, 0.25) is 12.5 Å². The van der Waals surface area contributed by atoms with Crippen LogP contribution in [0.25, 0.3) is 0 Å². The highest BCUT2D eigenvalue weighted by molar-refractivity contribution is 5.85. The van der Waals surface area contributed by atoms with Crippen molar-refractivity contribution in [2.75, 3.05) is 5.32 Å². The lowest BCUT2D eigenvalue weighted by atomic mass is 10.0. The number of anilines is 1. The summed E-state index contributed by atoms with van der Waals surface area (Å²) in [4.78, 5) is 32.8. The zero-order valence-corrected chi connectivity index (χ0v) is 12.0. The zero-order valence-electron chi connectivity index (χ0n) is 12.0. The number of hydrogen-bond acceptors (Lipinski definition) is 4. The molecule has 2 N–H and O–H groups in total. The molecular formula is C14H16F2N2O4. The van der Waals surface area contributed by atoms with Crippen molar-refractivity contribution in [3.8, 4) is 0 Å². The monoisotopic (exact) mass is 314 g/mol. The molecule has 0 aliphatic rings. The van der Waals surface area contributed by atoms with Crippen molar-refractivity contribution in [2.45, 2.75) is 31.9 Å². The average molecular weight is 314 g/mol. The fourth-order valence-corrected chi connectivity index (χ4v) is 1.81. The van der Waals surface area contributed by atoms with Gasteiger partial charge in [0.25, 0.3) is 12.4 Å². The normalized spacial score (nSPS) is 12.4. The minimum atomic E-state index is -4.01. The molecule has 1 aromatic rings. The maximum absolute atomic E-state index is 14.3. The van der Waals surface area contributed by atoms with Gasteiger partial charge in [-0.05, 0) is 19.9 Å². The largest absolute Gasteiger partial charge is 0.453 e. The third-order valence-corrected chi connectivity index (χ3v) is 2.70. The van der Waals surface area contributed by atoms with E-state index in [9.17, 15) is 23.2 Å². The van der Waals surface area contributed by atoms with Crippen LogP contribution >= 0.6 is 0 Å². The standard InChI is InChI=1S/C14H16F2N2O4/c1-9(2)18-13(21)14(15,16)12(22-8-20)10-5-3-4-6-11(10)17-7-19/h3-9,12H,1-2H3,(H,17,19)(H,18,21). The highest BCUT2D eigenvalue weighted by atomic mass is 19.3. The van der Waals surface area contributed by atoms with Gasteiger partial charge in [0.15, 0.2) is 0 Å². The lowest BCUT2D eigenvalue weighted by molar-refractivity contribution is -0.175. The lowest BCUT2D eigenvalue weighted by Gasteiger charge is -2.26. The van der Waals surface area contributed by atoms with Crippen LogP contribution < -0.4 is 10.6 Å². The summed E-state index contributed by atoms with van der Waals surface area (Å²) in [6, 6.07) is 4.99. The first-order valence-electron chi connectivity index (χ1n) is 6.41. The summed E-state index contributed by atoms with van der Waals surface area (Å²) in [6.45, 7) is 2.87. The highest BCUT2D eigenvalue weighted by Gasteiger charge is 2.50. The molecule has 8 heteroatoms. The molecule has 22 heavy (non-hydrogen) atoms. The van der Waals surface area contributed by atoms with Crippen LogP contribution in [0.15, 0.2) is 24.3 Å². The minimum Gasteiger partial charge on any atom is -0.453 e. The number of para-hydroxylation sites is 1. The Balaban J connectivity index is 3.25. The molecule has 0 aliphatic carbocycles. The molecule has 0 bridgehead atoms. The maximum atomic E-state index is 14.3. The molecule has 0 saturated heterocycles. The second kappa shape index (κ2) is 7.48. The molecule has 0 aliphatic heterocycles. The highest BCUT2D eigenvalue weighted by Crippen LogP contribution is 2.38. The molecule has 1 unspecified atom stereocenters. The SMILES string of the molecule is CC(C)NC(=O)C(F)(F)C(OC=O)c1ccccc1NC=O. The Morgan fingerprint density at radius 2 is 1.91 bits per heavy atom. The van der Waals surface area contributed by atoms with Crippen molar-refractivity contribution in [1.29, 1.82) is 0 Å². The Morgan fingerprint density at radius 1 is 1.27 bits per heavy atom. The van der Waals surface area contributed by atoms with Gasteiger partial charge in [0, 0.05) is 17.3 Å². The smallest absolute Gasteiger partial charge is 0.364 e. The van der Waals surface area contributed by atoms with E-state index in [1.807, 2.05) is 0 Å². The Bertz CT molecular complexity index is 549. The second-order valence-electron chi connectivity index (χ2n) is 4.71. The van der Waals surface area contributed by atoms with Crippen molar-refractivity contribution in [3.63, 3.8) is 0 Å². The van der Waals surface area contributed by atoms with E-state index in [-0.39, 0.29) is 17.7 Å². The fraction of sp³-hybridized carbons (Fsp3) is 0.357. The van der Waals surface area contributed by atoms with E-state index in [1.165, 1.54) is 38.1 Å².